The first-order chi connectivity index (χ1) is 8.19. The Morgan fingerprint density at radius 2 is 2.06 bits per heavy atom. The number of nitrogens with zero attached hydrogens (tertiary/aromatic N) is 2. The van der Waals surface area contributed by atoms with E-state index in [2.05, 4.69) is 15.5 Å². The van der Waals surface area contributed by atoms with Gasteiger partial charge in [0, 0.05) is 5.69 Å². The third-order valence-corrected chi connectivity index (χ3v) is 3.21. The van der Waals surface area contributed by atoms with Gasteiger partial charge in [0.2, 0.25) is 5.01 Å². The molecule has 0 aliphatic carbocycles. The topological polar surface area (TPSA) is 54.9 Å². The van der Waals surface area contributed by atoms with E-state index >= 15 is 0 Å². The van der Waals surface area contributed by atoms with Crippen molar-refractivity contribution in [3.8, 4) is 0 Å². The van der Waals surface area contributed by atoms with Crippen LogP contribution in [0.3, 0.4) is 0 Å². The Kier molecular flexibility index (Phi) is 3.65. The van der Waals surface area contributed by atoms with Gasteiger partial charge in [-0.3, -0.25) is 4.79 Å². The van der Waals surface area contributed by atoms with Crippen molar-refractivity contribution in [2.75, 3.05) is 5.32 Å². The summed E-state index contributed by atoms with van der Waals surface area (Å²) in [5.74, 6) is -0.518. The molecule has 0 aliphatic rings. The van der Waals surface area contributed by atoms with Crippen molar-refractivity contribution >= 4 is 34.5 Å². The SMILES string of the molecule is O=C(Nc1ccc(F)cc1)c1nnc(CCl)s1. The maximum atomic E-state index is 12.6. The van der Waals surface area contributed by atoms with E-state index < -0.39 is 0 Å². The molecular formula is C10H7ClFN3OS. The highest BCUT2D eigenvalue weighted by Crippen LogP contribution is 2.14. The minimum Gasteiger partial charge on any atom is -0.320 e. The first-order valence-corrected chi connectivity index (χ1v) is 5.99. The molecule has 0 radical (unpaired) electrons. The summed E-state index contributed by atoms with van der Waals surface area (Å²) in [5.41, 5.74) is 0.499. The first-order valence-electron chi connectivity index (χ1n) is 4.64. The van der Waals surface area contributed by atoms with Crippen LogP contribution < -0.4 is 5.32 Å². The second-order valence-electron chi connectivity index (χ2n) is 3.10. The fourth-order valence-corrected chi connectivity index (χ4v) is 1.92. The molecule has 1 aromatic carbocycles. The van der Waals surface area contributed by atoms with Crippen LogP contribution in [0.5, 0.6) is 0 Å². The van der Waals surface area contributed by atoms with Gasteiger partial charge in [0.25, 0.3) is 5.91 Å². The lowest BCUT2D eigenvalue weighted by Gasteiger charge is -2.01. The molecule has 1 heterocycles. The summed E-state index contributed by atoms with van der Waals surface area (Å²) in [5, 5.41) is 10.8. The van der Waals surface area contributed by atoms with Gasteiger partial charge in [0.1, 0.15) is 10.8 Å². The number of hydrogen-bond acceptors (Lipinski definition) is 4. The molecule has 4 nitrogen and oxygen atoms in total. The number of benzene rings is 1. The van der Waals surface area contributed by atoms with Crippen LogP contribution in [0, 0.1) is 5.82 Å². The van der Waals surface area contributed by atoms with Gasteiger partial charge in [0.15, 0.2) is 0 Å². The average molecular weight is 272 g/mol. The Morgan fingerprint density at radius 1 is 1.35 bits per heavy atom. The molecular weight excluding hydrogens is 265 g/mol. The predicted molar refractivity (Wildman–Crippen MR) is 63.8 cm³/mol. The average Bonchev–Trinajstić information content (AvgIpc) is 2.81. The number of hydrogen-bond donors (Lipinski definition) is 1. The van der Waals surface area contributed by atoms with Crippen LogP contribution in [0.4, 0.5) is 10.1 Å². The van der Waals surface area contributed by atoms with E-state index in [-0.39, 0.29) is 22.6 Å². The van der Waals surface area contributed by atoms with E-state index in [1.807, 2.05) is 0 Å². The van der Waals surface area contributed by atoms with Gasteiger partial charge in [-0.2, -0.15) is 0 Å². The Bertz CT molecular complexity index is 529. The van der Waals surface area contributed by atoms with Crippen molar-refractivity contribution in [2.45, 2.75) is 5.88 Å². The number of rotatable bonds is 3. The molecule has 0 spiro atoms. The quantitative estimate of drug-likeness (QED) is 0.873. The Morgan fingerprint density at radius 3 is 2.65 bits per heavy atom. The largest absolute Gasteiger partial charge is 0.320 e. The van der Waals surface area contributed by atoms with E-state index in [9.17, 15) is 9.18 Å². The van der Waals surface area contributed by atoms with Crippen LogP contribution in [-0.4, -0.2) is 16.1 Å². The molecule has 7 heteroatoms. The van der Waals surface area contributed by atoms with Gasteiger partial charge >= 0.3 is 0 Å². The third kappa shape index (κ3) is 2.98. The molecule has 0 saturated heterocycles. The zero-order valence-corrected chi connectivity index (χ0v) is 10.1. The van der Waals surface area contributed by atoms with Gasteiger partial charge in [-0.05, 0) is 24.3 Å². The summed E-state index contributed by atoms with van der Waals surface area (Å²) in [6.07, 6.45) is 0. The highest BCUT2D eigenvalue weighted by Gasteiger charge is 2.12. The molecule has 2 rings (SSSR count). The number of carbonyl (C=O) groups excluding carboxylic acids is 1. The maximum absolute atomic E-state index is 12.6. The van der Waals surface area contributed by atoms with Gasteiger partial charge in [-0.1, -0.05) is 11.3 Å². The molecule has 0 atom stereocenters. The molecule has 0 fully saturated rings. The van der Waals surface area contributed by atoms with Crippen LogP contribution >= 0.6 is 22.9 Å². The van der Waals surface area contributed by atoms with Crippen molar-refractivity contribution < 1.29 is 9.18 Å². The summed E-state index contributed by atoms with van der Waals surface area (Å²) in [6, 6.07) is 5.47. The van der Waals surface area contributed by atoms with Crippen molar-refractivity contribution in [2.24, 2.45) is 0 Å². The van der Waals surface area contributed by atoms with Gasteiger partial charge in [-0.15, -0.1) is 21.8 Å². The third-order valence-electron chi connectivity index (χ3n) is 1.88. The van der Waals surface area contributed by atoms with E-state index in [1.54, 1.807) is 0 Å². The van der Waals surface area contributed by atoms with Crippen molar-refractivity contribution in [1.29, 1.82) is 0 Å². The molecule has 1 amide bonds. The molecule has 0 unspecified atom stereocenters. The predicted octanol–water partition coefficient (Wildman–Crippen LogP) is 2.67. The lowest BCUT2D eigenvalue weighted by molar-refractivity contribution is 0.102. The van der Waals surface area contributed by atoms with Gasteiger partial charge in [-0.25, -0.2) is 4.39 Å². The van der Waals surface area contributed by atoms with Crippen LogP contribution in [0.1, 0.15) is 14.8 Å². The normalized spacial score (nSPS) is 10.2. The van der Waals surface area contributed by atoms with E-state index in [0.29, 0.717) is 10.7 Å². The maximum Gasteiger partial charge on any atom is 0.286 e. The Balaban J connectivity index is 2.08. The molecule has 2 aromatic rings. The standard InChI is InChI=1S/C10H7ClFN3OS/c11-5-8-14-15-10(17-8)9(16)13-7-3-1-6(12)2-4-7/h1-4H,5H2,(H,13,16). The van der Waals surface area contributed by atoms with Crippen LogP contribution in [-0.2, 0) is 5.88 Å². The molecule has 0 bridgehead atoms. The minimum atomic E-state index is -0.384. The summed E-state index contributed by atoms with van der Waals surface area (Å²) >= 11 is 6.68. The van der Waals surface area contributed by atoms with Gasteiger partial charge in [0.05, 0.1) is 5.88 Å². The number of anilines is 1. The highest BCUT2D eigenvalue weighted by atomic mass is 35.5. The summed E-state index contributed by atoms with van der Waals surface area (Å²) in [7, 11) is 0. The fourth-order valence-electron chi connectivity index (χ4n) is 1.12. The minimum absolute atomic E-state index is 0.224. The summed E-state index contributed by atoms with van der Waals surface area (Å²) in [6.45, 7) is 0. The van der Waals surface area contributed by atoms with Crippen molar-refractivity contribution in [1.82, 2.24) is 10.2 Å². The van der Waals surface area contributed by atoms with Crippen LogP contribution in [0.25, 0.3) is 0 Å². The van der Waals surface area contributed by atoms with Crippen molar-refractivity contribution in [3.63, 3.8) is 0 Å². The van der Waals surface area contributed by atoms with Crippen LogP contribution in [0.15, 0.2) is 24.3 Å². The number of carbonyl (C=O) groups is 1. The highest BCUT2D eigenvalue weighted by molar-refractivity contribution is 7.13. The van der Waals surface area contributed by atoms with Crippen LogP contribution in [0.2, 0.25) is 0 Å². The molecule has 0 aliphatic heterocycles. The Labute approximate surface area is 105 Å². The molecule has 88 valence electrons. The zero-order chi connectivity index (χ0) is 12.3. The second kappa shape index (κ2) is 5.20. The molecule has 17 heavy (non-hydrogen) atoms. The lowest BCUT2D eigenvalue weighted by atomic mass is 10.3. The molecule has 0 saturated carbocycles. The number of alkyl halides is 1. The zero-order valence-electron chi connectivity index (χ0n) is 8.48. The van der Waals surface area contributed by atoms with Crippen molar-refractivity contribution in [3.05, 3.63) is 40.1 Å². The Hall–Kier alpha value is -1.53. The second-order valence-corrected chi connectivity index (χ2v) is 4.42. The number of halogens is 2. The monoisotopic (exact) mass is 271 g/mol. The smallest absolute Gasteiger partial charge is 0.286 e. The lowest BCUT2D eigenvalue weighted by Crippen LogP contribution is -2.11. The summed E-state index contributed by atoms with van der Waals surface area (Å²) < 4.78 is 12.6. The number of amides is 1. The molecule has 1 N–H and O–H groups in total. The van der Waals surface area contributed by atoms with E-state index in [4.69, 9.17) is 11.6 Å². The number of nitrogens with one attached hydrogen (secondary N) is 1. The summed E-state index contributed by atoms with van der Waals surface area (Å²) in [4.78, 5) is 11.7. The van der Waals surface area contributed by atoms with E-state index in [1.165, 1.54) is 24.3 Å². The van der Waals surface area contributed by atoms with E-state index in [0.717, 1.165) is 11.3 Å². The van der Waals surface area contributed by atoms with Gasteiger partial charge < -0.3 is 5.32 Å². The fraction of sp³-hybridized carbons (Fsp3) is 0.100. The molecule has 1 aromatic heterocycles. The number of aromatic nitrogens is 2. The first kappa shape index (κ1) is 11.9.